The van der Waals surface area contributed by atoms with Gasteiger partial charge in [0.2, 0.25) is 0 Å². The average molecular weight is 463 g/mol. The highest BCUT2D eigenvalue weighted by molar-refractivity contribution is 14.1. The molecule has 3 nitrogen and oxygen atoms in total. The Labute approximate surface area is 162 Å². The summed E-state index contributed by atoms with van der Waals surface area (Å²) in [5, 5.41) is 0. The summed E-state index contributed by atoms with van der Waals surface area (Å²) in [6.45, 7) is 2.22. The van der Waals surface area contributed by atoms with Crippen molar-refractivity contribution in [3.63, 3.8) is 0 Å². The van der Waals surface area contributed by atoms with Gasteiger partial charge < -0.3 is 0 Å². The highest BCUT2D eigenvalue weighted by Gasteiger charge is 2.23. The molecule has 5 heteroatoms. The number of benzene rings is 3. The van der Waals surface area contributed by atoms with Crippen LogP contribution in [-0.4, -0.2) is 15.0 Å². The molecule has 0 fully saturated rings. The van der Waals surface area contributed by atoms with Gasteiger partial charge in [-0.15, -0.1) is 0 Å². The molecule has 128 valence electrons. The number of halogens is 1. The predicted octanol–water partition coefficient (Wildman–Crippen LogP) is 5.17. The van der Waals surface area contributed by atoms with Crippen LogP contribution in [0.4, 0.5) is 5.69 Å². The summed E-state index contributed by atoms with van der Waals surface area (Å²) in [5.74, 6) is 0. The summed E-state index contributed by atoms with van der Waals surface area (Å²) in [7, 11) is -3.59. The smallest absolute Gasteiger partial charge is 0.264 e. The number of hydrogen-bond acceptors (Lipinski definition) is 2. The van der Waals surface area contributed by atoms with Gasteiger partial charge in [0.05, 0.1) is 10.6 Å². The molecule has 0 N–H and O–H groups in total. The third-order valence-corrected chi connectivity index (χ3v) is 6.59. The number of rotatable bonds is 5. The zero-order valence-corrected chi connectivity index (χ0v) is 16.7. The standard InChI is InChI=1S/C20H18INO2S/c1-2-22(19-12-10-18(21)11-13-19)25(23,24)20-14-8-17(9-15-20)16-6-4-3-5-7-16/h3-15H,2H2,1H3. The maximum Gasteiger partial charge on any atom is 0.264 e. The summed E-state index contributed by atoms with van der Waals surface area (Å²) in [5.41, 5.74) is 2.74. The molecule has 0 aliphatic heterocycles. The molecule has 3 aromatic carbocycles. The summed E-state index contributed by atoms with van der Waals surface area (Å²) in [6, 6.07) is 24.4. The van der Waals surface area contributed by atoms with Crippen LogP contribution >= 0.6 is 22.6 Å². The largest absolute Gasteiger partial charge is 0.267 e. The van der Waals surface area contributed by atoms with Crippen molar-refractivity contribution in [2.45, 2.75) is 11.8 Å². The first-order valence-electron chi connectivity index (χ1n) is 7.96. The van der Waals surface area contributed by atoms with Crippen LogP contribution in [0.1, 0.15) is 6.92 Å². The Morgan fingerprint density at radius 3 is 1.92 bits per heavy atom. The third kappa shape index (κ3) is 3.88. The van der Waals surface area contributed by atoms with Crippen LogP contribution in [0.3, 0.4) is 0 Å². The lowest BCUT2D eigenvalue weighted by molar-refractivity contribution is 0.592. The fourth-order valence-corrected chi connectivity index (χ4v) is 4.51. The molecule has 25 heavy (non-hydrogen) atoms. The minimum absolute atomic E-state index is 0.299. The Hall–Kier alpha value is -1.86. The van der Waals surface area contributed by atoms with Crippen molar-refractivity contribution in [3.05, 3.63) is 82.4 Å². The zero-order chi connectivity index (χ0) is 17.9. The van der Waals surface area contributed by atoms with Crippen molar-refractivity contribution < 1.29 is 8.42 Å². The van der Waals surface area contributed by atoms with Crippen molar-refractivity contribution in [2.75, 3.05) is 10.8 Å². The van der Waals surface area contributed by atoms with Gasteiger partial charge >= 0.3 is 0 Å². The normalized spacial score (nSPS) is 11.3. The van der Waals surface area contributed by atoms with Gasteiger partial charge in [-0.1, -0.05) is 42.5 Å². The molecule has 0 radical (unpaired) electrons. The summed E-state index contributed by atoms with van der Waals surface area (Å²) in [6.07, 6.45) is 0. The first-order chi connectivity index (χ1) is 12.0. The minimum Gasteiger partial charge on any atom is -0.267 e. The Balaban J connectivity index is 1.94. The Morgan fingerprint density at radius 2 is 1.36 bits per heavy atom. The molecule has 0 heterocycles. The summed E-state index contributed by atoms with van der Waals surface area (Å²) >= 11 is 2.21. The van der Waals surface area contributed by atoms with Crippen molar-refractivity contribution in [1.29, 1.82) is 0 Å². The molecule has 0 spiro atoms. The molecule has 0 aromatic heterocycles. The molecule has 0 saturated heterocycles. The molecular weight excluding hydrogens is 445 g/mol. The number of nitrogens with zero attached hydrogens (tertiary/aromatic N) is 1. The maximum absolute atomic E-state index is 13.0. The molecule has 0 bridgehead atoms. The van der Waals surface area contributed by atoms with Crippen LogP contribution in [-0.2, 0) is 10.0 Å². The Bertz CT molecular complexity index is 937. The van der Waals surface area contributed by atoms with Crippen LogP contribution in [0.5, 0.6) is 0 Å². The summed E-state index contributed by atoms with van der Waals surface area (Å²) in [4.78, 5) is 0.299. The highest BCUT2D eigenvalue weighted by Crippen LogP contribution is 2.26. The Morgan fingerprint density at radius 1 is 0.800 bits per heavy atom. The van der Waals surface area contributed by atoms with Crippen molar-refractivity contribution >= 4 is 38.3 Å². The molecule has 0 atom stereocenters. The lowest BCUT2D eigenvalue weighted by Crippen LogP contribution is -2.30. The fraction of sp³-hybridized carbons (Fsp3) is 0.100. The van der Waals surface area contributed by atoms with Crippen LogP contribution in [0.25, 0.3) is 11.1 Å². The average Bonchev–Trinajstić information content (AvgIpc) is 2.64. The zero-order valence-electron chi connectivity index (χ0n) is 13.8. The molecule has 0 unspecified atom stereocenters. The van der Waals surface area contributed by atoms with Crippen LogP contribution in [0.15, 0.2) is 83.8 Å². The van der Waals surface area contributed by atoms with Crippen LogP contribution < -0.4 is 4.31 Å². The van der Waals surface area contributed by atoms with Gasteiger partial charge in [0.15, 0.2) is 0 Å². The molecule has 0 aliphatic rings. The Kier molecular flexibility index (Phi) is 5.44. The van der Waals surface area contributed by atoms with E-state index in [-0.39, 0.29) is 0 Å². The van der Waals surface area contributed by atoms with Gasteiger partial charge in [0.25, 0.3) is 10.0 Å². The van der Waals surface area contributed by atoms with E-state index in [1.54, 1.807) is 12.1 Å². The number of sulfonamides is 1. The van der Waals surface area contributed by atoms with Crippen molar-refractivity contribution in [2.24, 2.45) is 0 Å². The molecule has 3 rings (SSSR count). The second-order valence-electron chi connectivity index (χ2n) is 5.54. The van der Waals surface area contributed by atoms with E-state index in [1.807, 2.05) is 73.7 Å². The molecule has 0 saturated carbocycles. The van der Waals surface area contributed by atoms with Gasteiger partial charge in [-0.2, -0.15) is 0 Å². The highest BCUT2D eigenvalue weighted by atomic mass is 127. The number of hydrogen-bond donors (Lipinski definition) is 0. The lowest BCUT2D eigenvalue weighted by Gasteiger charge is -2.23. The molecule has 3 aromatic rings. The van der Waals surface area contributed by atoms with E-state index < -0.39 is 10.0 Å². The molecule has 0 amide bonds. The van der Waals surface area contributed by atoms with Crippen LogP contribution in [0.2, 0.25) is 0 Å². The topological polar surface area (TPSA) is 37.4 Å². The maximum atomic E-state index is 13.0. The quantitative estimate of drug-likeness (QED) is 0.490. The van der Waals surface area contributed by atoms with E-state index in [9.17, 15) is 8.42 Å². The van der Waals surface area contributed by atoms with Gasteiger partial charge in [-0.3, -0.25) is 4.31 Å². The summed E-state index contributed by atoms with van der Waals surface area (Å²) < 4.78 is 28.5. The third-order valence-electron chi connectivity index (χ3n) is 3.95. The lowest BCUT2D eigenvalue weighted by atomic mass is 10.1. The SMILES string of the molecule is CCN(c1ccc(I)cc1)S(=O)(=O)c1ccc(-c2ccccc2)cc1. The predicted molar refractivity (Wildman–Crippen MR) is 111 cm³/mol. The van der Waals surface area contributed by atoms with E-state index in [0.29, 0.717) is 17.1 Å². The molecule has 0 aliphatic carbocycles. The molecular formula is C20H18INO2S. The monoisotopic (exact) mass is 463 g/mol. The second-order valence-corrected chi connectivity index (χ2v) is 8.64. The van der Waals surface area contributed by atoms with Gasteiger partial charge in [0, 0.05) is 10.1 Å². The second kappa shape index (κ2) is 7.58. The minimum atomic E-state index is -3.59. The van der Waals surface area contributed by atoms with Gasteiger partial charge in [-0.05, 0) is 77.0 Å². The van der Waals surface area contributed by atoms with Gasteiger partial charge in [-0.25, -0.2) is 8.42 Å². The first kappa shape index (κ1) is 17.9. The fourth-order valence-electron chi connectivity index (χ4n) is 2.68. The van der Waals surface area contributed by atoms with Crippen molar-refractivity contribution in [1.82, 2.24) is 0 Å². The number of anilines is 1. The van der Waals surface area contributed by atoms with E-state index in [0.717, 1.165) is 14.7 Å². The first-order valence-corrected chi connectivity index (χ1v) is 10.5. The van der Waals surface area contributed by atoms with Gasteiger partial charge in [0.1, 0.15) is 0 Å². The van der Waals surface area contributed by atoms with E-state index in [2.05, 4.69) is 22.6 Å². The van der Waals surface area contributed by atoms with E-state index >= 15 is 0 Å². The van der Waals surface area contributed by atoms with Crippen LogP contribution in [0, 0.1) is 3.57 Å². The van der Waals surface area contributed by atoms with E-state index in [4.69, 9.17) is 0 Å². The van der Waals surface area contributed by atoms with Crippen molar-refractivity contribution in [3.8, 4) is 11.1 Å². The van der Waals surface area contributed by atoms with E-state index in [1.165, 1.54) is 4.31 Å².